The molecule has 72 valence electrons. The second kappa shape index (κ2) is 9.58. The quantitative estimate of drug-likeness (QED) is 0.645. The van der Waals surface area contributed by atoms with Crippen molar-refractivity contribution in [1.82, 2.24) is 5.32 Å². The second-order valence-corrected chi connectivity index (χ2v) is 4.73. The molecule has 0 bridgehead atoms. The molecular weight excluding hydrogens is 238 g/mol. The smallest absolute Gasteiger partial charge is 0.0438 e. The number of halogens is 1. The first kappa shape index (κ1) is 12.5. The summed E-state index contributed by atoms with van der Waals surface area (Å²) in [5, 5.41) is 11.7. The minimum absolute atomic E-state index is 0.304. The van der Waals surface area contributed by atoms with Gasteiger partial charge in [-0.15, -0.1) is 0 Å². The molecule has 0 unspecified atom stereocenters. The summed E-state index contributed by atoms with van der Waals surface area (Å²) < 4.78 is 0.989. The van der Waals surface area contributed by atoms with Gasteiger partial charge in [-0.1, -0.05) is 22.5 Å². The Morgan fingerprint density at radius 3 is 2.83 bits per heavy atom. The maximum atomic E-state index is 8.49. The Morgan fingerprint density at radius 2 is 2.25 bits per heavy atom. The molecule has 0 heterocycles. The van der Waals surface area contributed by atoms with Gasteiger partial charge < -0.3 is 10.4 Å². The predicted molar refractivity (Wildman–Crippen MR) is 60.0 cm³/mol. The van der Waals surface area contributed by atoms with E-state index in [0.717, 1.165) is 35.5 Å². The first-order valence-electron chi connectivity index (χ1n) is 4.00. The molecule has 0 aliphatic heterocycles. The lowest BCUT2D eigenvalue weighted by Crippen LogP contribution is -2.18. The average Bonchev–Trinajstić information content (AvgIpc) is 2.02. The highest BCUT2D eigenvalue weighted by Crippen LogP contribution is 2.01. The standard InChI is InChI=1S/C8H16BrNOS/c1-8(9)7-10-3-6-12-5-2-4-11/h10-11H,1-7H2. The van der Waals surface area contributed by atoms with Crippen molar-refractivity contribution in [3.63, 3.8) is 0 Å². The summed E-state index contributed by atoms with van der Waals surface area (Å²) in [6.07, 6.45) is 0.899. The molecule has 2 nitrogen and oxygen atoms in total. The SMILES string of the molecule is C=C(Br)CNCCSCCCO. The van der Waals surface area contributed by atoms with Crippen LogP contribution in [0.5, 0.6) is 0 Å². The third-order valence-electron chi connectivity index (χ3n) is 1.19. The van der Waals surface area contributed by atoms with Crippen molar-refractivity contribution in [2.75, 3.05) is 31.2 Å². The minimum atomic E-state index is 0.304. The number of rotatable bonds is 8. The van der Waals surface area contributed by atoms with E-state index in [1.807, 2.05) is 11.8 Å². The lowest BCUT2D eigenvalue weighted by Gasteiger charge is -2.02. The van der Waals surface area contributed by atoms with Gasteiger partial charge in [-0.05, 0) is 12.2 Å². The first-order valence-corrected chi connectivity index (χ1v) is 5.94. The van der Waals surface area contributed by atoms with Crippen LogP contribution < -0.4 is 5.32 Å². The van der Waals surface area contributed by atoms with E-state index >= 15 is 0 Å². The Labute approximate surface area is 86.9 Å². The minimum Gasteiger partial charge on any atom is -0.396 e. The van der Waals surface area contributed by atoms with Crippen LogP contribution in [0.25, 0.3) is 0 Å². The van der Waals surface area contributed by atoms with Gasteiger partial charge in [0.1, 0.15) is 0 Å². The van der Waals surface area contributed by atoms with Crippen molar-refractivity contribution in [1.29, 1.82) is 0 Å². The van der Waals surface area contributed by atoms with E-state index in [4.69, 9.17) is 5.11 Å². The molecule has 4 heteroatoms. The van der Waals surface area contributed by atoms with E-state index in [1.165, 1.54) is 0 Å². The van der Waals surface area contributed by atoms with Crippen LogP contribution in [0.15, 0.2) is 11.1 Å². The molecule has 0 saturated heterocycles. The molecule has 0 aromatic rings. The summed E-state index contributed by atoms with van der Waals surface area (Å²) in [6.45, 7) is 5.86. The van der Waals surface area contributed by atoms with Crippen LogP contribution >= 0.6 is 27.7 Å². The highest BCUT2D eigenvalue weighted by atomic mass is 79.9. The molecule has 0 rings (SSSR count). The Balaban J connectivity index is 2.86. The van der Waals surface area contributed by atoms with E-state index in [9.17, 15) is 0 Å². The van der Waals surface area contributed by atoms with Crippen molar-refractivity contribution in [3.05, 3.63) is 11.1 Å². The fourth-order valence-corrected chi connectivity index (χ4v) is 1.66. The summed E-state index contributed by atoms with van der Waals surface area (Å²) in [6, 6.07) is 0. The average molecular weight is 254 g/mol. The third-order valence-corrected chi connectivity index (χ3v) is 2.54. The van der Waals surface area contributed by atoms with E-state index < -0.39 is 0 Å². The number of nitrogens with one attached hydrogen (secondary N) is 1. The van der Waals surface area contributed by atoms with Crippen molar-refractivity contribution < 1.29 is 5.11 Å². The Hall–Kier alpha value is 0.490. The molecule has 0 aliphatic carbocycles. The fraction of sp³-hybridized carbons (Fsp3) is 0.750. The molecule has 0 fully saturated rings. The van der Waals surface area contributed by atoms with Crippen LogP contribution in [-0.2, 0) is 0 Å². The largest absolute Gasteiger partial charge is 0.396 e. The first-order chi connectivity index (χ1) is 5.77. The number of hydrogen-bond donors (Lipinski definition) is 2. The normalized spacial score (nSPS) is 10.2. The molecule has 0 aromatic heterocycles. The molecule has 12 heavy (non-hydrogen) atoms. The second-order valence-electron chi connectivity index (χ2n) is 2.38. The molecule has 0 spiro atoms. The van der Waals surface area contributed by atoms with Gasteiger partial charge in [-0.3, -0.25) is 0 Å². The lowest BCUT2D eigenvalue weighted by atomic mass is 10.5. The summed E-state index contributed by atoms with van der Waals surface area (Å²) in [4.78, 5) is 0. The zero-order chi connectivity index (χ0) is 9.23. The van der Waals surface area contributed by atoms with Crippen molar-refractivity contribution in [2.24, 2.45) is 0 Å². The zero-order valence-electron chi connectivity index (χ0n) is 7.18. The number of aliphatic hydroxyl groups is 1. The van der Waals surface area contributed by atoms with E-state index in [-0.39, 0.29) is 0 Å². The fourth-order valence-electron chi connectivity index (χ4n) is 0.637. The monoisotopic (exact) mass is 253 g/mol. The highest BCUT2D eigenvalue weighted by Gasteiger charge is 1.90. The Morgan fingerprint density at radius 1 is 1.50 bits per heavy atom. The Bertz CT molecular complexity index is 122. The number of hydrogen-bond acceptors (Lipinski definition) is 3. The van der Waals surface area contributed by atoms with Crippen LogP contribution in [0.3, 0.4) is 0 Å². The van der Waals surface area contributed by atoms with Crippen LogP contribution in [0.4, 0.5) is 0 Å². The molecule has 0 atom stereocenters. The summed E-state index contributed by atoms with van der Waals surface area (Å²) in [7, 11) is 0. The predicted octanol–water partition coefficient (Wildman–Crippen LogP) is 1.60. The van der Waals surface area contributed by atoms with E-state index in [2.05, 4.69) is 27.8 Å². The van der Waals surface area contributed by atoms with Gasteiger partial charge in [0.25, 0.3) is 0 Å². The van der Waals surface area contributed by atoms with Gasteiger partial charge >= 0.3 is 0 Å². The van der Waals surface area contributed by atoms with Gasteiger partial charge in [-0.25, -0.2) is 0 Å². The Kier molecular flexibility index (Phi) is 9.97. The van der Waals surface area contributed by atoms with Gasteiger partial charge in [0.2, 0.25) is 0 Å². The lowest BCUT2D eigenvalue weighted by molar-refractivity contribution is 0.296. The maximum absolute atomic E-state index is 8.49. The van der Waals surface area contributed by atoms with Crippen LogP contribution in [0, 0.1) is 0 Å². The van der Waals surface area contributed by atoms with E-state index in [0.29, 0.717) is 6.61 Å². The summed E-state index contributed by atoms with van der Waals surface area (Å²) >= 11 is 5.13. The molecule has 0 aliphatic rings. The van der Waals surface area contributed by atoms with Crippen LogP contribution in [-0.4, -0.2) is 36.3 Å². The summed E-state index contributed by atoms with van der Waals surface area (Å²) in [5.41, 5.74) is 0. The summed E-state index contributed by atoms with van der Waals surface area (Å²) in [5.74, 6) is 2.15. The van der Waals surface area contributed by atoms with Gasteiger partial charge in [0.15, 0.2) is 0 Å². The highest BCUT2D eigenvalue weighted by molar-refractivity contribution is 9.11. The van der Waals surface area contributed by atoms with E-state index in [1.54, 1.807) is 0 Å². The van der Waals surface area contributed by atoms with Crippen molar-refractivity contribution >= 4 is 27.7 Å². The molecule has 2 N–H and O–H groups in total. The van der Waals surface area contributed by atoms with Crippen molar-refractivity contribution in [3.8, 4) is 0 Å². The zero-order valence-corrected chi connectivity index (χ0v) is 9.59. The van der Waals surface area contributed by atoms with Gasteiger partial charge in [0.05, 0.1) is 0 Å². The molecule has 0 amide bonds. The topological polar surface area (TPSA) is 32.3 Å². The van der Waals surface area contributed by atoms with Gasteiger partial charge in [0, 0.05) is 29.9 Å². The van der Waals surface area contributed by atoms with Crippen LogP contribution in [0.2, 0.25) is 0 Å². The third kappa shape index (κ3) is 10.5. The maximum Gasteiger partial charge on any atom is 0.0438 e. The van der Waals surface area contributed by atoms with Gasteiger partial charge in [-0.2, -0.15) is 11.8 Å². The molecular formula is C8H16BrNOS. The molecule has 0 aromatic carbocycles. The van der Waals surface area contributed by atoms with Crippen LogP contribution in [0.1, 0.15) is 6.42 Å². The molecule has 0 saturated carbocycles. The molecule has 0 radical (unpaired) electrons. The number of thioether (sulfide) groups is 1. The number of aliphatic hydroxyl groups excluding tert-OH is 1. The van der Waals surface area contributed by atoms with Crippen molar-refractivity contribution in [2.45, 2.75) is 6.42 Å².